The number of likely N-dealkylation sites (N-methyl/N-ethyl adjacent to an activating group) is 1. The maximum absolute atomic E-state index is 3.67. The summed E-state index contributed by atoms with van der Waals surface area (Å²) in [6.07, 6.45) is 9.51. The van der Waals surface area contributed by atoms with Gasteiger partial charge in [-0.25, -0.2) is 0 Å². The van der Waals surface area contributed by atoms with Crippen LogP contribution in [0.25, 0.3) is 0 Å². The molecule has 0 aromatic carbocycles. The molecule has 0 atom stereocenters. The number of hydrogen-bond donors (Lipinski definition) is 1. The molecule has 0 rings (SSSR count). The standard InChI is InChI=1S/C10H15N/c1-4-7-10(5-2)8-6-9-11-3/h4-8,11H,1-2,9H2,3H3/b8-6-,10-7-. The summed E-state index contributed by atoms with van der Waals surface area (Å²) in [7, 11) is 1.91. The lowest BCUT2D eigenvalue weighted by Gasteiger charge is -1.90. The van der Waals surface area contributed by atoms with Gasteiger partial charge in [0, 0.05) is 6.54 Å². The highest BCUT2D eigenvalue weighted by Crippen LogP contribution is 1.96. The van der Waals surface area contributed by atoms with Crippen molar-refractivity contribution in [2.45, 2.75) is 0 Å². The monoisotopic (exact) mass is 149 g/mol. The zero-order valence-electron chi connectivity index (χ0n) is 7.01. The first-order valence-corrected chi connectivity index (χ1v) is 3.61. The molecule has 0 spiro atoms. The Morgan fingerprint density at radius 3 is 2.64 bits per heavy atom. The molecule has 0 saturated heterocycles. The first-order chi connectivity index (χ1) is 5.35. The Kier molecular flexibility index (Phi) is 6.34. The minimum Gasteiger partial charge on any atom is -0.316 e. The lowest BCUT2D eigenvalue weighted by Crippen LogP contribution is -2.03. The number of allylic oxidation sites excluding steroid dienone is 5. The molecule has 0 unspecified atom stereocenters. The fourth-order valence-corrected chi connectivity index (χ4v) is 0.641. The zero-order valence-corrected chi connectivity index (χ0v) is 7.01. The first-order valence-electron chi connectivity index (χ1n) is 3.61. The quantitative estimate of drug-likeness (QED) is 0.590. The van der Waals surface area contributed by atoms with Crippen LogP contribution in [0.1, 0.15) is 0 Å². The molecule has 0 amide bonds. The van der Waals surface area contributed by atoms with Crippen LogP contribution in [-0.4, -0.2) is 13.6 Å². The summed E-state index contributed by atoms with van der Waals surface area (Å²) in [6.45, 7) is 8.15. The second-order valence-corrected chi connectivity index (χ2v) is 2.07. The van der Waals surface area contributed by atoms with Crippen molar-refractivity contribution < 1.29 is 0 Å². The van der Waals surface area contributed by atoms with Crippen molar-refractivity contribution in [3.63, 3.8) is 0 Å². The zero-order chi connectivity index (χ0) is 8.53. The summed E-state index contributed by atoms with van der Waals surface area (Å²) < 4.78 is 0. The molecule has 0 aliphatic carbocycles. The molecule has 1 N–H and O–H groups in total. The van der Waals surface area contributed by atoms with E-state index in [-0.39, 0.29) is 0 Å². The van der Waals surface area contributed by atoms with Crippen LogP contribution in [0.4, 0.5) is 0 Å². The van der Waals surface area contributed by atoms with Gasteiger partial charge in [-0.1, -0.05) is 43.5 Å². The molecule has 0 radical (unpaired) electrons. The van der Waals surface area contributed by atoms with E-state index in [1.807, 2.05) is 25.3 Å². The highest BCUT2D eigenvalue weighted by Gasteiger charge is 1.79. The molecule has 0 fully saturated rings. The van der Waals surface area contributed by atoms with Crippen LogP contribution in [0.3, 0.4) is 0 Å². The van der Waals surface area contributed by atoms with E-state index in [1.54, 1.807) is 12.2 Å². The third-order valence-electron chi connectivity index (χ3n) is 1.18. The fraction of sp³-hybridized carbons (Fsp3) is 0.200. The molecule has 11 heavy (non-hydrogen) atoms. The van der Waals surface area contributed by atoms with E-state index in [0.29, 0.717) is 0 Å². The molecule has 60 valence electrons. The molecule has 1 nitrogen and oxygen atoms in total. The minimum absolute atomic E-state index is 0.877. The molecular weight excluding hydrogens is 134 g/mol. The van der Waals surface area contributed by atoms with Gasteiger partial charge < -0.3 is 5.32 Å². The Hall–Kier alpha value is -1.08. The highest BCUT2D eigenvalue weighted by molar-refractivity contribution is 5.32. The van der Waals surface area contributed by atoms with Crippen LogP contribution in [0.5, 0.6) is 0 Å². The van der Waals surface area contributed by atoms with Gasteiger partial charge in [-0.2, -0.15) is 0 Å². The lowest BCUT2D eigenvalue weighted by molar-refractivity contribution is 0.919. The van der Waals surface area contributed by atoms with Gasteiger partial charge in [0.05, 0.1) is 0 Å². The molecule has 0 aromatic rings. The molecule has 0 aliphatic rings. The van der Waals surface area contributed by atoms with Crippen molar-refractivity contribution in [3.8, 4) is 0 Å². The summed E-state index contributed by atoms with van der Waals surface area (Å²) in [6, 6.07) is 0. The maximum atomic E-state index is 3.67. The summed E-state index contributed by atoms with van der Waals surface area (Å²) in [5.41, 5.74) is 1.08. The van der Waals surface area contributed by atoms with Crippen molar-refractivity contribution >= 4 is 0 Å². The SMILES string of the molecule is C=C/C=C(C=C)\C=C/CNC. The van der Waals surface area contributed by atoms with Gasteiger partial charge in [0.2, 0.25) is 0 Å². The van der Waals surface area contributed by atoms with Crippen LogP contribution < -0.4 is 5.32 Å². The van der Waals surface area contributed by atoms with Gasteiger partial charge in [0.25, 0.3) is 0 Å². The molecule has 0 aliphatic heterocycles. The minimum atomic E-state index is 0.877. The molecule has 0 heterocycles. The second-order valence-electron chi connectivity index (χ2n) is 2.07. The molecule has 0 saturated carbocycles. The molecular formula is C10H15N. The van der Waals surface area contributed by atoms with E-state index in [0.717, 1.165) is 12.1 Å². The normalized spacial score (nSPS) is 11.9. The smallest absolute Gasteiger partial charge is 0.0135 e. The molecule has 0 bridgehead atoms. The van der Waals surface area contributed by atoms with Crippen LogP contribution >= 0.6 is 0 Å². The van der Waals surface area contributed by atoms with Crippen molar-refractivity contribution in [2.24, 2.45) is 0 Å². The van der Waals surface area contributed by atoms with Crippen LogP contribution in [0, 0.1) is 0 Å². The average molecular weight is 149 g/mol. The molecule has 0 aromatic heterocycles. The Bertz CT molecular complexity index is 175. The van der Waals surface area contributed by atoms with Gasteiger partial charge in [0.15, 0.2) is 0 Å². The third-order valence-corrected chi connectivity index (χ3v) is 1.18. The Labute approximate surface area is 68.8 Å². The average Bonchev–Trinajstić information content (AvgIpc) is 2.03. The van der Waals surface area contributed by atoms with E-state index >= 15 is 0 Å². The van der Waals surface area contributed by atoms with Gasteiger partial charge in [0.1, 0.15) is 0 Å². The topological polar surface area (TPSA) is 12.0 Å². The summed E-state index contributed by atoms with van der Waals surface area (Å²) >= 11 is 0. The van der Waals surface area contributed by atoms with E-state index in [9.17, 15) is 0 Å². The van der Waals surface area contributed by atoms with E-state index in [4.69, 9.17) is 0 Å². The van der Waals surface area contributed by atoms with Crippen molar-refractivity contribution in [1.29, 1.82) is 0 Å². The Morgan fingerprint density at radius 1 is 1.45 bits per heavy atom. The largest absolute Gasteiger partial charge is 0.316 e. The van der Waals surface area contributed by atoms with E-state index in [2.05, 4.69) is 18.5 Å². The predicted molar refractivity (Wildman–Crippen MR) is 51.5 cm³/mol. The lowest BCUT2D eigenvalue weighted by atomic mass is 10.2. The highest BCUT2D eigenvalue weighted by atomic mass is 14.8. The maximum Gasteiger partial charge on any atom is 0.0135 e. The summed E-state index contributed by atoms with van der Waals surface area (Å²) in [5.74, 6) is 0. The van der Waals surface area contributed by atoms with Crippen molar-refractivity contribution in [2.75, 3.05) is 13.6 Å². The Morgan fingerprint density at radius 2 is 2.18 bits per heavy atom. The van der Waals surface area contributed by atoms with E-state index in [1.165, 1.54) is 0 Å². The number of rotatable bonds is 5. The van der Waals surface area contributed by atoms with E-state index < -0.39 is 0 Å². The van der Waals surface area contributed by atoms with Crippen LogP contribution in [0.15, 0.2) is 49.1 Å². The summed E-state index contributed by atoms with van der Waals surface area (Å²) in [4.78, 5) is 0. The fourth-order valence-electron chi connectivity index (χ4n) is 0.641. The predicted octanol–water partition coefficient (Wildman–Crippen LogP) is 2.06. The van der Waals surface area contributed by atoms with Gasteiger partial charge in [-0.15, -0.1) is 0 Å². The van der Waals surface area contributed by atoms with Gasteiger partial charge in [-0.3, -0.25) is 0 Å². The summed E-state index contributed by atoms with van der Waals surface area (Å²) in [5, 5.41) is 3.02. The number of nitrogens with one attached hydrogen (secondary N) is 1. The third kappa shape index (κ3) is 5.37. The van der Waals surface area contributed by atoms with Crippen LogP contribution in [0.2, 0.25) is 0 Å². The van der Waals surface area contributed by atoms with Crippen LogP contribution in [-0.2, 0) is 0 Å². The second kappa shape index (κ2) is 7.03. The van der Waals surface area contributed by atoms with Gasteiger partial charge in [-0.05, 0) is 12.6 Å². The molecule has 1 heteroatoms. The van der Waals surface area contributed by atoms with Crippen molar-refractivity contribution in [1.82, 2.24) is 5.32 Å². The number of hydrogen-bond acceptors (Lipinski definition) is 1. The first kappa shape index (κ1) is 9.92. The van der Waals surface area contributed by atoms with Crippen molar-refractivity contribution in [3.05, 3.63) is 49.1 Å². The van der Waals surface area contributed by atoms with Gasteiger partial charge >= 0.3 is 0 Å². The Balaban J connectivity index is 3.96.